The van der Waals surface area contributed by atoms with Crippen LogP contribution in [0.15, 0.2) is 12.1 Å². The van der Waals surface area contributed by atoms with Crippen LogP contribution in [-0.4, -0.2) is 9.52 Å². The highest BCUT2D eigenvalue weighted by atomic mass is 35.5. The fraction of sp³-hybridized carbons (Fsp3) is 0.333. The summed E-state index contributed by atoms with van der Waals surface area (Å²) in [6, 6.07) is 4.17. The molecular weight excluding hydrogens is 172 g/mol. The first-order valence-electron chi connectivity index (χ1n) is 3.91. The maximum absolute atomic E-state index is 5.96. The molecule has 2 heteroatoms. The van der Waals surface area contributed by atoms with Crippen molar-refractivity contribution in [2.24, 2.45) is 0 Å². The topological polar surface area (TPSA) is 0 Å². The smallest absolute Gasteiger partial charge is 0.0520 e. The summed E-state index contributed by atoms with van der Waals surface area (Å²) >= 11 is 5.96. The van der Waals surface area contributed by atoms with Crippen molar-refractivity contribution in [3.8, 4) is 0 Å². The lowest BCUT2D eigenvalue weighted by Crippen LogP contribution is -2.15. The van der Waals surface area contributed by atoms with Crippen LogP contribution in [-0.2, 0) is 0 Å². The summed E-state index contributed by atoms with van der Waals surface area (Å²) in [5, 5.41) is 2.43. The quantitative estimate of drug-likeness (QED) is 0.584. The third-order valence-corrected chi connectivity index (χ3v) is 4.15. The lowest BCUT2D eigenvalue weighted by Gasteiger charge is -2.07. The zero-order valence-electron chi connectivity index (χ0n) is 7.24. The second-order valence-corrected chi connectivity index (χ2v) is 4.69. The Balaban J connectivity index is 3.25. The van der Waals surface area contributed by atoms with Crippen LogP contribution in [0.3, 0.4) is 0 Å². The molecule has 1 aromatic rings. The first-order valence-corrected chi connectivity index (χ1v) is 6.41. The van der Waals surface area contributed by atoms with E-state index in [-0.39, 0.29) is 9.52 Å². The van der Waals surface area contributed by atoms with E-state index in [1.807, 2.05) is 6.07 Å². The Bertz CT molecular complexity index is 269. The van der Waals surface area contributed by atoms with Crippen LogP contribution in [0.1, 0.15) is 11.1 Å². The number of hydrogen-bond donors (Lipinski definition) is 0. The zero-order chi connectivity index (χ0) is 8.43. The molecule has 0 aliphatic heterocycles. The standard InChI is InChI=1S/C9H13ClSi/c1-6-7(2)9(11-3)5-4-8(6)10/h4-5H,11H2,1-3H3. The number of hydrogen-bond acceptors (Lipinski definition) is 0. The molecule has 0 N–H and O–H groups in total. The van der Waals surface area contributed by atoms with Gasteiger partial charge in [0.05, 0.1) is 9.52 Å². The molecule has 0 amide bonds. The molecule has 0 radical (unpaired) electrons. The second kappa shape index (κ2) is 3.42. The minimum absolute atomic E-state index is 0.0337. The summed E-state index contributed by atoms with van der Waals surface area (Å²) in [5.74, 6) is 0. The molecule has 1 rings (SSSR count). The van der Waals surface area contributed by atoms with Crippen molar-refractivity contribution in [3.05, 3.63) is 28.3 Å². The van der Waals surface area contributed by atoms with Crippen LogP contribution in [0.5, 0.6) is 0 Å². The first-order chi connectivity index (χ1) is 5.16. The molecule has 0 heterocycles. The largest absolute Gasteiger partial charge is 0.0840 e. The van der Waals surface area contributed by atoms with Gasteiger partial charge in [-0.25, -0.2) is 0 Å². The zero-order valence-corrected chi connectivity index (χ0v) is 9.41. The van der Waals surface area contributed by atoms with Gasteiger partial charge in [0.25, 0.3) is 0 Å². The SMILES string of the molecule is C[SiH2]c1ccc(Cl)c(C)c1C. The normalized spacial score (nSPS) is 11.3. The van der Waals surface area contributed by atoms with Crippen molar-refractivity contribution in [2.45, 2.75) is 20.4 Å². The van der Waals surface area contributed by atoms with E-state index in [1.165, 1.54) is 16.3 Å². The van der Waals surface area contributed by atoms with Crippen LogP contribution in [0.25, 0.3) is 0 Å². The van der Waals surface area contributed by atoms with E-state index in [0.717, 1.165) is 5.02 Å². The third-order valence-electron chi connectivity index (χ3n) is 2.21. The molecule has 0 spiro atoms. The monoisotopic (exact) mass is 184 g/mol. The molecular formula is C9H13ClSi. The van der Waals surface area contributed by atoms with Gasteiger partial charge in [-0.15, -0.1) is 0 Å². The van der Waals surface area contributed by atoms with Crippen LogP contribution >= 0.6 is 11.6 Å². The van der Waals surface area contributed by atoms with E-state index >= 15 is 0 Å². The van der Waals surface area contributed by atoms with Gasteiger partial charge < -0.3 is 0 Å². The molecule has 0 atom stereocenters. The van der Waals surface area contributed by atoms with Crippen molar-refractivity contribution in [1.82, 2.24) is 0 Å². The molecule has 1 aromatic carbocycles. The van der Waals surface area contributed by atoms with E-state index < -0.39 is 0 Å². The highest BCUT2D eigenvalue weighted by Crippen LogP contribution is 2.15. The predicted octanol–water partition coefficient (Wildman–Crippen LogP) is 1.80. The van der Waals surface area contributed by atoms with Gasteiger partial charge in [0.15, 0.2) is 0 Å². The maximum atomic E-state index is 5.96. The van der Waals surface area contributed by atoms with E-state index in [4.69, 9.17) is 11.6 Å². The van der Waals surface area contributed by atoms with E-state index in [1.54, 1.807) is 0 Å². The van der Waals surface area contributed by atoms with Crippen LogP contribution in [0, 0.1) is 13.8 Å². The molecule has 0 nitrogen and oxygen atoms in total. The maximum Gasteiger partial charge on any atom is 0.0520 e. The van der Waals surface area contributed by atoms with Gasteiger partial charge in [0.1, 0.15) is 0 Å². The first kappa shape index (κ1) is 8.82. The summed E-state index contributed by atoms with van der Waals surface area (Å²) in [6.45, 7) is 6.55. The van der Waals surface area contributed by atoms with Crippen molar-refractivity contribution in [3.63, 3.8) is 0 Å². The van der Waals surface area contributed by atoms with Crippen molar-refractivity contribution in [1.29, 1.82) is 0 Å². The molecule has 0 aliphatic carbocycles. The van der Waals surface area contributed by atoms with E-state index in [2.05, 4.69) is 26.5 Å². The lowest BCUT2D eigenvalue weighted by atomic mass is 10.1. The average molecular weight is 185 g/mol. The molecule has 0 fully saturated rings. The Hall–Kier alpha value is -0.273. The Kier molecular flexibility index (Phi) is 2.74. The predicted molar refractivity (Wildman–Crippen MR) is 55.0 cm³/mol. The van der Waals surface area contributed by atoms with Gasteiger partial charge in [-0.05, 0) is 31.0 Å². The number of benzene rings is 1. The summed E-state index contributed by atoms with van der Waals surface area (Å²) in [5.41, 5.74) is 2.64. The second-order valence-electron chi connectivity index (χ2n) is 2.81. The molecule has 0 unspecified atom stereocenters. The van der Waals surface area contributed by atoms with Crippen molar-refractivity contribution < 1.29 is 0 Å². The summed E-state index contributed by atoms with van der Waals surface area (Å²) < 4.78 is 0. The molecule has 0 aromatic heterocycles. The van der Waals surface area contributed by atoms with Gasteiger partial charge in [0.2, 0.25) is 0 Å². The summed E-state index contributed by atoms with van der Waals surface area (Å²) in [7, 11) is -0.0337. The fourth-order valence-electron chi connectivity index (χ4n) is 1.23. The van der Waals surface area contributed by atoms with Gasteiger partial charge in [-0.1, -0.05) is 29.4 Å². The summed E-state index contributed by atoms with van der Waals surface area (Å²) in [6.07, 6.45) is 0. The fourth-order valence-corrected chi connectivity index (χ4v) is 2.58. The Morgan fingerprint density at radius 2 is 1.82 bits per heavy atom. The number of halogens is 1. The molecule has 0 saturated carbocycles. The summed E-state index contributed by atoms with van der Waals surface area (Å²) in [4.78, 5) is 0. The molecule has 0 aliphatic rings. The highest BCUT2D eigenvalue weighted by molar-refractivity contribution is 6.52. The van der Waals surface area contributed by atoms with Gasteiger partial charge in [0, 0.05) is 5.02 Å². The molecule has 11 heavy (non-hydrogen) atoms. The van der Waals surface area contributed by atoms with Gasteiger partial charge >= 0.3 is 0 Å². The third kappa shape index (κ3) is 1.66. The van der Waals surface area contributed by atoms with Crippen LogP contribution in [0.4, 0.5) is 0 Å². The Morgan fingerprint density at radius 1 is 1.18 bits per heavy atom. The van der Waals surface area contributed by atoms with E-state index in [9.17, 15) is 0 Å². The van der Waals surface area contributed by atoms with Crippen molar-refractivity contribution >= 4 is 26.3 Å². The highest BCUT2D eigenvalue weighted by Gasteiger charge is 2.01. The number of rotatable bonds is 1. The molecule has 0 bridgehead atoms. The van der Waals surface area contributed by atoms with Crippen LogP contribution < -0.4 is 5.19 Å². The Labute approximate surface area is 75.4 Å². The van der Waals surface area contributed by atoms with Crippen molar-refractivity contribution in [2.75, 3.05) is 0 Å². The average Bonchev–Trinajstić information content (AvgIpc) is 2.01. The minimum Gasteiger partial charge on any atom is -0.0840 e. The molecule has 0 saturated heterocycles. The van der Waals surface area contributed by atoms with Gasteiger partial charge in [-0.2, -0.15) is 0 Å². The Morgan fingerprint density at radius 3 is 2.36 bits per heavy atom. The molecule has 60 valence electrons. The van der Waals surface area contributed by atoms with E-state index in [0.29, 0.717) is 0 Å². The minimum atomic E-state index is -0.0337. The lowest BCUT2D eigenvalue weighted by molar-refractivity contribution is 1.37. The van der Waals surface area contributed by atoms with Gasteiger partial charge in [-0.3, -0.25) is 0 Å². The van der Waals surface area contributed by atoms with Crippen LogP contribution in [0.2, 0.25) is 11.6 Å².